The third-order valence-electron chi connectivity index (χ3n) is 3.19. The van der Waals surface area contributed by atoms with Gasteiger partial charge in [0.2, 0.25) is 0 Å². The predicted octanol–water partition coefficient (Wildman–Crippen LogP) is 3.46. The fourth-order valence-electron chi connectivity index (χ4n) is 2.00. The number of anilines is 1. The van der Waals surface area contributed by atoms with Crippen LogP contribution in [0.2, 0.25) is 0 Å². The van der Waals surface area contributed by atoms with Crippen LogP contribution in [0.15, 0.2) is 41.4 Å². The van der Waals surface area contributed by atoms with Gasteiger partial charge in [-0.15, -0.1) is 0 Å². The minimum atomic E-state index is 0.516. The van der Waals surface area contributed by atoms with E-state index in [0.29, 0.717) is 5.25 Å². The molecule has 110 valence electrons. The van der Waals surface area contributed by atoms with Gasteiger partial charge in [-0.2, -0.15) is 0 Å². The van der Waals surface area contributed by atoms with Crippen molar-refractivity contribution < 1.29 is 4.74 Å². The molecule has 0 bridgehead atoms. The van der Waals surface area contributed by atoms with E-state index in [1.54, 1.807) is 11.8 Å². The Labute approximate surface area is 129 Å². The highest BCUT2D eigenvalue weighted by atomic mass is 32.2. The van der Waals surface area contributed by atoms with Crippen molar-refractivity contribution in [2.24, 2.45) is 0 Å². The molecular weight excluding hydrogens is 282 g/mol. The standard InChI is InChI=1S/C16H19N3OS/c1-2-8-17-14-9-15(21-13-10-20-11-13)19-16(18-14)12-6-4-3-5-7-12/h3-7,9,13H,2,8,10-11H2,1H3,(H,17,18,19). The number of hydrogen-bond acceptors (Lipinski definition) is 5. The van der Waals surface area contributed by atoms with Gasteiger partial charge in [0.15, 0.2) is 5.82 Å². The molecule has 21 heavy (non-hydrogen) atoms. The summed E-state index contributed by atoms with van der Waals surface area (Å²) in [6, 6.07) is 12.1. The average Bonchev–Trinajstić information content (AvgIpc) is 2.50. The van der Waals surface area contributed by atoms with Gasteiger partial charge in [0.1, 0.15) is 10.8 Å². The molecule has 2 heterocycles. The Balaban J connectivity index is 1.88. The van der Waals surface area contributed by atoms with E-state index in [1.807, 2.05) is 36.4 Å². The molecule has 1 aliphatic heterocycles. The second-order valence-electron chi connectivity index (χ2n) is 4.99. The first-order valence-corrected chi connectivity index (χ1v) is 8.16. The molecule has 0 unspecified atom stereocenters. The second-order valence-corrected chi connectivity index (χ2v) is 6.31. The molecule has 0 aliphatic carbocycles. The zero-order valence-electron chi connectivity index (χ0n) is 12.1. The lowest BCUT2D eigenvalue weighted by molar-refractivity contribution is 0.0454. The fourth-order valence-corrected chi connectivity index (χ4v) is 2.99. The summed E-state index contributed by atoms with van der Waals surface area (Å²) in [5.74, 6) is 1.67. The SMILES string of the molecule is CCCNc1cc(SC2COC2)nc(-c2ccccc2)n1. The maximum absolute atomic E-state index is 5.24. The molecule has 1 aromatic carbocycles. The molecule has 1 fully saturated rings. The number of ether oxygens (including phenoxy) is 1. The largest absolute Gasteiger partial charge is 0.379 e. The number of nitrogens with one attached hydrogen (secondary N) is 1. The van der Waals surface area contributed by atoms with Crippen LogP contribution in [0, 0.1) is 0 Å². The summed E-state index contributed by atoms with van der Waals surface area (Å²) in [5, 5.41) is 4.88. The Bertz CT molecular complexity index is 587. The number of rotatable bonds is 6. The first-order valence-electron chi connectivity index (χ1n) is 7.28. The highest BCUT2D eigenvalue weighted by molar-refractivity contribution is 8.00. The highest BCUT2D eigenvalue weighted by Gasteiger charge is 2.21. The van der Waals surface area contributed by atoms with Crippen LogP contribution in [0.5, 0.6) is 0 Å². The van der Waals surface area contributed by atoms with Gasteiger partial charge in [0, 0.05) is 18.2 Å². The Morgan fingerprint density at radius 2 is 2.05 bits per heavy atom. The van der Waals surface area contributed by atoms with Crippen molar-refractivity contribution in [3.63, 3.8) is 0 Å². The molecule has 5 heteroatoms. The topological polar surface area (TPSA) is 47.0 Å². The third-order valence-corrected chi connectivity index (χ3v) is 4.24. The summed E-state index contributed by atoms with van der Waals surface area (Å²) in [6.07, 6.45) is 1.07. The average molecular weight is 301 g/mol. The fraction of sp³-hybridized carbons (Fsp3) is 0.375. The molecule has 1 saturated heterocycles. The zero-order valence-corrected chi connectivity index (χ0v) is 12.9. The number of nitrogens with zero attached hydrogens (tertiary/aromatic N) is 2. The third kappa shape index (κ3) is 3.74. The van der Waals surface area contributed by atoms with Crippen molar-refractivity contribution in [3.8, 4) is 11.4 Å². The van der Waals surface area contributed by atoms with Gasteiger partial charge in [-0.25, -0.2) is 9.97 Å². The molecule has 0 saturated carbocycles. The molecule has 0 spiro atoms. The molecular formula is C16H19N3OS. The Hall–Kier alpha value is -1.59. The van der Waals surface area contributed by atoms with Crippen LogP contribution in [0.4, 0.5) is 5.82 Å². The molecule has 0 amide bonds. The summed E-state index contributed by atoms with van der Waals surface area (Å²) in [6.45, 7) is 4.69. The van der Waals surface area contributed by atoms with Gasteiger partial charge >= 0.3 is 0 Å². The van der Waals surface area contributed by atoms with E-state index in [4.69, 9.17) is 4.74 Å². The number of aromatic nitrogens is 2. The summed E-state index contributed by atoms with van der Waals surface area (Å²) < 4.78 is 5.24. The summed E-state index contributed by atoms with van der Waals surface area (Å²) in [5.41, 5.74) is 1.05. The van der Waals surface area contributed by atoms with Crippen molar-refractivity contribution in [1.82, 2.24) is 9.97 Å². The lowest BCUT2D eigenvalue weighted by Gasteiger charge is -2.24. The summed E-state index contributed by atoms with van der Waals surface area (Å²) >= 11 is 1.77. The predicted molar refractivity (Wildman–Crippen MR) is 86.7 cm³/mol. The van der Waals surface area contributed by atoms with Crippen molar-refractivity contribution in [3.05, 3.63) is 36.4 Å². The maximum Gasteiger partial charge on any atom is 0.162 e. The van der Waals surface area contributed by atoms with Gasteiger partial charge in [0.25, 0.3) is 0 Å². The Morgan fingerprint density at radius 3 is 2.71 bits per heavy atom. The molecule has 3 rings (SSSR count). The van der Waals surface area contributed by atoms with Gasteiger partial charge in [0.05, 0.1) is 18.5 Å². The first kappa shape index (κ1) is 14.4. The molecule has 1 N–H and O–H groups in total. The van der Waals surface area contributed by atoms with Crippen LogP contribution in [0.1, 0.15) is 13.3 Å². The van der Waals surface area contributed by atoms with Crippen LogP contribution in [0.25, 0.3) is 11.4 Å². The second kappa shape index (κ2) is 6.91. The lowest BCUT2D eigenvalue weighted by Crippen LogP contribution is -2.30. The molecule has 1 aromatic heterocycles. The Kier molecular flexibility index (Phi) is 4.72. The highest BCUT2D eigenvalue weighted by Crippen LogP contribution is 2.29. The van der Waals surface area contributed by atoms with Crippen LogP contribution in [-0.4, -0.2) is 35.0 Å². The van der Waals surface area contributed by atoms with Crippen molar-refractivity contribution >= 4 is 17.6 Å². The zero-order chi connectivity index (χ0) is 14.5. The normalized spacial score (nSPS) is 14.7. The van der Waals surface area contributed by atoms with E-state index >= 15 is 0 Å². The first-order chi connectivity index (χ1) is 10.3. The van der Waals surface area contributed by atoms with Gasteiger partial charge < -0.3 is 10.1 Å². The quantitative estimate of drug-likeness (QED) is 0.828. The lowest BCUT2D eigenvalue weighted by atomic mass is 10.2. The number of benzene rings is 1. The molecule has 2 aromatic rings. The maximum atomic E-state index is 5.24. The van der Waals surface area contributed by atoms with Gasteiger partial charge in [-0.1, -0.05) is 49.0 Å². The minimum absolute atomic E-state index is 0.516. The van der Waals surface area contributed by atoms with Crippen molar-refractivity contribution in [1.29, 1.82) is 0 Å². The Morgan fingerprint density at radius 1 is 1.24 bits per heavy atom. The molecule has 0 atom stereocenters. The smallest absolute Gasteiger partial charge is 0.162 e. The van der Waals surface area contributed by atoms with E-state index in [-0.39, 0.29) is 0 Å². The summed E-state index contributed by atoms with van der Waals surface area (Å²) in [4.78, 5) is 9.32. The van der Waals surface area contributed by atoms with E-state index in [2.05, 4.69) is 22.2 Å². The van der Waals surface area contributed by atoms with Crippen LogP contribution >= 0.6 is 11.8 Å². The van der Waals surface area contributed by atoms with Gasteiger partial charge in [-0.3, -0.25) is 0 Å². The summed E-state index contributed by atoms with van der Waals surface area (Å²) in [7, 11) is 0. The van der Waals surface area contributed by atoms with E-state index in [1.165, 1.54) is 0 Å². The number of hydrogen-bond donors (Lipinski definition) is 1. The van der Waals surface area contributed by atoms with Crippen molar-refractivity contribution in [2.45, 2.75) is 23.6 Å². The molecule has 0 radical (unpaired) electrons. The van der Waals surface area contributed by atoms with Crippen LogP contribution in [-0.2, 0) is 4.74 Å². The van der Waals surface area contributed by atoms with Gasteiger partial charge in [-0.05, 0) is 6.42 Å². The van der Waals surface area contributed by atoms with Crippen LogP contribution in [0.3, 0.4) is 0 Å². The van der Waals surface area contributed by atoms with E-state index in [9.17, 15) is 0 Å². The minimum Gasteiger partial charge on any atom is -0.379 e. The molecule has 1 aliphatic rings. The monoisotopic (exact) mass is 301 g/mol. The van der Waals surface area contributed by atoms with E-state index < -0.39 is 0 Å². The van der Waals surface area contributed by atoms with Crippen molar-refractivity contribution in [2.75, 3.05) is 25.1 Å². The van der Waals surface area contributed by atoms with Crippen LogP contribution < -0.4 is 5.32 Å². The van der Waals surface area contributed by atoms with E-state index in [0.717, 1.165) is 48.4 Å². The number of thioether (sulfide) groups is 1. The molecule has 4 nitrogen and oxygen atoms in total.